The highest BCUT2D eigenvalue weighted by molar-refractivity contribution is 7.79. The Morgan fingerprint density at radius 2 is 1.41 bits per heavy atom. The monoisotopic (exact) mass is 413 g/mol. The van der Waals surface area contributed by atoms with Crippen LogP contribution >= 0.6 is 12.6 Å². The first kappa shape index (κ1) is 24.6. The Kier molecular flexibility index (Phi) is 13.1. The van der Waals surface area contributed by atoms with Gasteiger partial charge in [-0.05, 0) is 61.2 Å². The van der Waals surface area contributed by atoms with Gasteiger partial charge in [-0.25, -0.2) is 4.79 Å². The molecule has 2 rings (SSSR count). The highest BCUT2D eigenvalue weighted by Crippen LogP contribution is 2.17. The van der Waals surface area contributed by atoms with E-state index in [-0.39, 0.29) is 0 Å². The van der Waals surface area contributed by atoms with Gasteiger partial charge in [0.2, 0.25) is 0 Å². The largest absolute Gasteiger partial charge is 0.494 e. The molecule has 0 aliphatic rings. The molecule has 0 aliphatic heterocycles. The van der Waals surface area contributed by atoms with Crippen molar-refractivity contribution in [3.8, 4) is 17.6 Å². The van der Waals surface area contributed by atoms with Crippen molar-refractivity contribution in [2.75, 3.05) is 12.9 Å². The van der Waals surface area contributed by atoms with Gasteiger partial charge >= 0.3 is 5.97 Å². The lowest BCUT2D eigenvalue weighted by Crippen LogP contribution is -2.08. The number of carbonyl (C=O) groups is 1. The lowest BCUT2D eigenvalue weighted by molar-refractivity contribution is 0.0734. The Hall–Kier alpha value is -2.45. The molecule has 5 heteroatoms. The number of hydrogen-bond donors (Lipinski definition) is 1. The molecular formula is C24H31NO3S. The summed E-state index contributed by atoms with van der Waals surface area (Å²) in [7, 11) is 0. The summed E-state index contributed by atoms with van der Waals surface area (Å²) < 4.78 is 11.0. The van der Waals surface area contributed by atoms with E-state index in [0.29, 0.717) is 23.5 Å². The van der Waals surface area contributed by atoms with Crippen molar-refractivity contribution in [3.63, 3.8) is 0 Å². The Morgan fingerprint density at radius 1 is 0.862 bits per heavy atom. The number of rotatable bonds is 11. The molecule has 0 aromatic heterocycles. The number of benzene rings is 2. The second-order valence-electron chi connectivity index (χ2n) is 6.52. The van der Waals surface area contributed by atoms with Crippen LogP contribution in [0.1, 0.15) is 67.8 Å². The van der Waals surface area contributed by atoms with Crippen LogP contribution in [0.15, 0.2) is 48.5 Å². The first-order valence-corrected chi connectivity index (χ1v) is 11.0. The molecule has 0 atom stereocenters. The first-order chi connectivity index (χ1) is 14.2. The minimum atomic E-state index is -0.432. The molecular weight excluding hydrogens is 382 g/mol. The van der Waals surface area contributed by atoms with E-state index in [0.717, 1.165) is 12.2 Å². The topological polar surface area (TPSA) is 59.3 Å². The van der Waals surface area contributed by atoms with E-state index < -0.39 is 5.97 Å². The maximum atomic E-state index is 12.2. The summed E-state index contributed by atoms with van der Waals surface area (Å²) in [5.41, 5.74) is 0.986. The molecule has 0 bridgehead atoms. The van der Waals surface area contributed by atoms with Crippen LogP contribution in [0.5, 0.6) is 11.5 Å². The average molecular weight is 414 g/mol. The van der Waals surface area contributed by atoms with Crippen LogP contribution in [0, 0.1) is 11.3 Å². The van der Waals surface area contributed by atoms with Gasteiger partial charge in [-0.2, -0.15) is 17.9 Å². The number of carbonyl (C=O) groups excluding carboxylic acids is 1. The Labute approximate surface area is 180 Å². The van der Waals surface area contributed by atoms with Gasteiger partial charge in [-0.1, -0.05) is 45.4 Å². The highest BCUT2D eigenvalue weighted by Gasteiger charge is 2.09. The van der Waals surface area contributed by atoms with Crippen LogP contribution in [0.25, 0.3) is 0 Å². The van der Waals surface area contributed by atoms with Crippen molar-refractivity contribution in [1.82, 2.24) is 0 Å². The fraction of sp³-hybridized carbons (Fsp3) is 0.417. The van der Waals surface area contributed by atoms with E-state index >= 15 is 0 Å². The Balaban J connectivity index is 0.00000204. The van der Waals surface area contributed by atoms with Crippen LogP contribution in [0.4, 0.5) is 0 Å². The van der Waals surface area contributed by atoms with Crippen molar-refractivity contribution in [1.29, 1.82) is 5.26 Å². The number of ether oxygens (including phenoxy) is 2. The summed E-state index contributed by atoms with van der Waals surface area (Å²) >= 11 is 3.53. The molecule has 0 saturated carbocycles. The van der Waals surface area contributed by atoms with E-state index in [4.69, 9.17) is 14.7 Å². The SMILES string of the molecule is CCCCCCCCCOc1ccc(C(=O)Oc2ccc(C#N)cc2)cc1.CS. The molecule has 0 aliphatic carbocycles. The molecule has 0 amide bonds. The van der Waals surface area contributed by atoms with Gasteiger partial charge in [0.15, 0.2) is 0 Å². The number of thiol groups is 1. The van der Waals surface area contributed by atoms with Crippen LogP contribution in [0.2, 0.25) is 0 Å². The molecule has 0 N–H and O–H groups in total. The molecule has 0 spiro atoms. The van der Waals surface area contributed by atoms with Crippen LogP contribution in [-0.4, -0.2) is 18.8 Å². The van der Waals surface area contributed by atoms with Crippen molar-refractivity contribution in [2.24, 2.45) is 0 Å². The van der Waals surface area contributed by atoms with Gasteiger partial charge in [0, 0.05) is 0 Å². The minimum Gasteiger partial charge on any atom is -0.494 e. The third-order valence-electron chi connectivity index (χ3n) is 4.30. The lowest BCUT2D eigenvalue weighted by atomic mass is 10.1. The standard InChI is InChI=1S/C23H27NO3.CH4S/c1-2-3-4-5-6-7-8-17-26-21-15-11-20(12-16-21)23(25)27-22-13-9-19(18-24)10-14-22;1-2/h9-16H,2-8,17H2,1H3;2H,1H3. The Bertz CT molecular complexity index is 736. The predicted molar refractivity (Wildman–Crippen MR) is 121 cm³/mol. The number of unbranched alkanes of at least 4 members (excludes halogenated alkanes) is 6. The van der Waals surface area contributed by atoms with Crippen molar-refractivity contribution in [2.45, 2.75) is 51.9 Å². The zero-order valence-electron chi connectivity index (χ0n) is 17.4. The van der Waals surface area contributed by atoms with Crippen molar-refractivity contribution >= 4 is 18.6 Å². The second kappa shape index (κ2) is 15.5. The van der Waals surface area contributed by atoms with E-state index in [2.05, 4.69) is 19.6 Å². The van der Waals surface area contributed by atoms with E-state index in [9.17, 15) is 4.79 Å². The van der Waals surface area contributed by atoms with Crippen molar-refractivity contribution < 1.29 is 14.3 Å². The summed E-state index contributed by atoms with van der Waals surface area (Å²) in [4.78, 5) is 12.2. The van der Waals surface area contributed by atoms with Gasteiger partial charge in [0.05, 0.1) is 23.8 Å². The lowest BCUT2D eigenvalue weighted by Gasteiger charge is -2.08. The van der Waals surface area contributed by atoms with E-state index in [1.54, 1.807) is 54.8 Å². The number of hydrogen-bond acceptors (Lipinski definition) is 5. The molecule has 2 aromatic carbocycles. The number of esters is 1. The third-order valence-corrected chi connectivity index (χ3v) is 4.30. The highest BCUT2D eigenvalue weighted by atomic mass is 32.1. The fourth-order valence-electron chi connectivity index (χ4n) is 2.70. The Morgan fingerprint density at radius 3 is 2.00 bits per heavy atom. The quantitative estimate of drug-likeness (QED) is 0.199. The fourth-order valence-corrected chi connectivity index (χ4v) is 2.70. The van der Waals surface area contributed by atoms with Gasteiger partial charge in [-0.15, -0.1) is 0 Å². The molecule has 29 heavy (non-hydrogen) atoms. The van der Waals surface area contributed by atoms with Gasteiger partial charge in [-0.3, -0.25) is 0 Å². The predicted octanol–water partition coefficient (Wildman–Crippen LogP) is 6.45. The molecule has 0 radical (unpaired) electrons. The molecule has 0 heterocycles. The van der Waals surface area contributed by atoms with Gasteiger partial charge < -0.3 is 9.47 Å². The summed E-state index contributed by atoms with van der Waals surface area (Å²) in [6.07, 6.45) is 10.5. The van der Waals surface area contributed by atoms with Gasteiger partial charge in [0.25, 0.3) is 0 Å². The van der Waals surface area contributed by atoms with Crippen LogP contribution < -0.4 is 9.47 Å². The number of nitriles is 1. The normalized spacial score (nSPS) is 9.72. The summed E-state index contributed by atoms with van der Waals surface area (Å²) in [6, 6.07) is 15.4. The van der Waals surface area contributed by atoms with Crippen molar-refractivity contribution in [3.05, 3.63) is 59.7 Å². The molecule has 0 fully saturated rings. The smallest absolute Gasteiger partial charge is 0.343 e. The van der Waals surface area contributed by atoms with Crippen LogP contribution in [0.3, 0.4) is 0 Å². The molecule has 0 unspecified atom stereocenters. The third kappa shape index (κ3) is 10.0. The van der Waals surface area contributed by atoms with Gasteiger partial charge in [0.1, 0.15) is 11.5 Å². The number of nitrogens with zero attached hydrogens (tertiary/aromatic N) is 1. The van der Waals surface area contributed by atoms with Crippen LogP contribution in [-0.2, 0) is 0 Å². The summed E-state index contributed by atoms with van der Waals surface area (Å²) in [5.74, 6) is 0.743. The molecule has 156 valence electrons. The summed E-state index contributed by atoms with van der Waals surface area (Å²) in [6.45, 7) is 2.93. The maximum absolute atomic E-state index is 12.2. The molecule has 0 saturated heterocycles. The van der Waals surface area contributed by atoms with E-state index in [1.165, 1.54) is 38.5 Å². The second-order valence-corrected chi connectivity index (χ2v) is 6.52. The minimum absolute atomic E-state index is 0.415. The first-order valence-electron chi connectivity index (χ1n) is 10.1. The summed E-state index contributed by atoms with van der Waals surface area (Å²) in [5, 5.41) is 8.78. The molecule has 2 aromatic rings. The maximum Gasteiger partial charge on any atom is 0.343 e. The average Bonchev–Trinajstić information content (AvgIpc) is 2.78. The molecule has 4 nitrogen and oxygen atoms in total. The zero-order valence-corrected chi connectivity index (χ0v) is 18.3. The van der Waals surface area contributed by atoms with E-state index in [1.807, 2.05) is 6.07 Å². The zero-order chi connectivity index (χ0) is 21.3.